The average molecular weight is 280 g/mol. The lowest BCUT2D eigenvalue weighted by Gasteiger charge is -2.10. The van der Waals surface area contributed by atoms with E-state index >= 15 is 0 Å². The van der Waals surface area contributed by atoms with E-state index in [4.69, 9.17) is 5.73 Å². The van der Waals surface area contributed by atoms with Crippen LogP contribution in [-0.4, -0.2) is 4.98 Å². The van der Waals surface area contributed by atoms with Crippen LogP contribution in [0.4, 0.5) is 5.69 Å². The fraction of sp³-hybridized carbons (Fsp3) is 0.118. The second-order valence-corrected chi connectivity index (χ2v) is 6.01. The van der Waals surface area contributed by atoms with Crippen molar-refractivity contribution in [2.75, 3.05) is 5.73 Å². The lowest BCUT2D eigenvalue weighted by molar-refractivity contribution is 1.26. The van der Waals surface area contributed by atoms with E-state index in [2.05, 4.69) is 49.2 Å². The van der Waals surface area contributed by atoms with Crippen molar-refractivity contribution in [3.63, 3.8) is 0 Å². The minimum Gasteiger partial charge on any atom is -0.397 e. The van der Waals surface area contributed by atoms with E-state index in [0.29, 0.717) is 0 Å². The zero-order valence-electron chi connectivity index (χ0n) is 11.6. The molecule has 0 aliphatic carbocycles. The Bertz CT molecular complexity index is 781. The molecule has 2 aromatic carbocycles. The maximum Gasteiger partial charge on any atom is 0.0942 e. The van der Waals surface area contributed by atoms with Crippen molar-refractivity contribution in [2.45, 2.75) is 23.6 Å². The second-order valence-electron chi connectivity index (χ2n) is 4.92. The maximum atomic E-state index is 6.00. The summed E-state index contributed by atoms with van der Waals surface area (Å²) in [7, 11) is 0. The van der Waals surface area contributed by atoms with E-state index in [1.807, 2.05) is 12.1 Å². The molecule has 0 aliphatic heterocycles. The van der Waals surface area contributed by atoms with Crippen molar-refractivity contribution < 1.29 is 0 Å². The summed E-state index contributed by atoms with van der Waals surface area (Å²) in [6.45, 7) is 4.26. The fourth-order valence-electron chi connectivity index (χ4n) is 2.19. The molecule has 3 heteroatoms. The zero-order valence-corrected chi connectivity index (χ0v) is 12.4. The van der Waals surface area contributed by atoms with Gasteiger partial charge in [-0.3, -0.25) is 4.98 Å². The number of hydrogen-bond donors (Lipinski definition) is 1. The summed E-state index contributed by atoms with van der Waals surface area (Å²) in [5.74, 6) is 0. The topological polar surface area (TPSA) is 38.9 Å². The van der Waals surface area contributed by atoms with Gasteiger partial charge in [0.1, 0.15) is 0 Å². The Kier molecular flexibility index (Phi) is 3.36. The first-order chi connectivity index (χ1) is 9.65. The highest BCUT2D eigenvalue weighted by atomic mass is 32.2. The third-order valence-corrected chi connectivity index (χ3v) is 4.56. The highest BCUT2D eigenvalue weighted by molar-refractivity contribution is 7.99. The first-order valence-electron chi connectivity index (χ1n) is 6.53. The molecule has 0 saturated heterocycles. The van der Waals surface area contributed by atoms with Crippen LogP contribution in [0, 0.1) is 13.8 Å². The molecular weight excluding hydrogens is 264 g/mol. The Hall–Kier alpha value is -2.00. The normalized spacial score (nSPS) is 10.9. The lowest BCUT2D eigenvalue weighted by atomic mass is 10.2. The molecule has 20 heavy (non-hydrogen) atoms. The molecule has 1 heterocycles. The van der Waals surface area contributed by atoms with Crippen LogP contribution >= 0.6 is 11.8 Å². The maximum absolute atomic E-state index is 6.00. The standard InChI is InChI=1S/C17H16N2S/c1-11-5-6-12(2)16(10-11)20-15-8-7-14(18)17-13(15)4-3-9-19-17/h3-10H,18H2,1-2H3. The number of rotatable bonds is 2. The van der Waals surface area contributed by atoms with E-state index in [1.165, 1.54) is 20.9 Å². The molecule has 0 saturated carbocycles. The summed E-state index contributed by atoms with van der Waals surface area (Å²) in [5, 5.41) is 1.11. The Labute approximate surface area is 123 Å². The zero-order chi connectivity index (χ0) is 14.1. The van der Waals surface area contributed by atoms with Crippen LogP contribution in [0.1, 0.15) is 11.1 Å². The molecule has 0 bridgehead atoms. The van der Waals surface area contributed by atoms with Crippen LogP contribution in [0.25, 0.3) is 10.9 Å². The molecule has 2 N–H and O–H groups in total. The minimum atomic E-state index is 0.728. The number of nitrogens with two attached hydrogens (primary N) is 1. The van der Waals surface area contributed by atoms with Crippen molar-refractivity contribution in [3.8, 4) is 0 Å². The highest BCUT2D eigenvalue weighted by Crippen LogP contribution is 2.36. The summed E-state index contributed by atoms with van der Waals surface area (Å²) in [5.41, 5.74) is 10.2. The number of anilines is 1. The van der Waals surface area contributed by atoms with E-state index in [1.54, 1.807) is 18.0 Å². The minimum absolute atomic E-state index is 0.728. The van der Waals surface area contributed by atoms with Crippen molar-refractivity contribution in [1.82, 2.24) is 4.98 Å². The fourth-order valence-corrected chi connectivity index (χ4v) is 3.31. The molecule has 0 amide bonds. The third-order valence-electron chi connectivity index (χ3n) is 3.32. The van der Waals surface area contributed by atoms with Crippen molar-refractivity contribution >= 4 is 28.4 Å². The number of nitrogen functional groups attached to an aromatic ring is 1. The van der Waals surface area contributed by atoms with Crippen molar-refractivity contribution in [2.24, 2.45) is 0 Å². The van der Waals surface area contributed by atoms with E-state index in [9.17, 15) is 0 Å². The second kappa shape index (κ2) is 5.17. The van der Waals surface area contributed by atoms with Crippen LogP contribution in [0.15, 0.2) is 58.5 Å². The molecule has 2 nitrogen and oxygen atoms in total. The quantitative estimate of drug-likeness (QED) is 0.698. The van der Waals surface area contributed by atoms with Gasteiger partial charge in [0.25, 0.3) is 0 Å². The van der Waals surface area contributed by atoms with Gasteiger partial charge in [0, 0.05) is 21.4 Å². The summed E-state index contributed by atoms with van der Waals surface area (Å²) in [4.78, 5) is 6.85. The highest BCUT2D eigenvalue weighted by Gasteiger charge is 2.08. The predicted octanol–water partition coefficient (Wildman–Crippen LogP) is 4.59. The number of hydrogen-bond acceptors (Lipinski definition) is 3. The third kappa shape index (κ3) is 2.37. The number of benzene rings is 2. The summed E-state index contributed by atoms with van der Waals surface area (Å²) in [6, 6.07) is 14.6. The van der Waals surface area contributed by atoms with E-state index < -0.39 is 0 Å². The van der Waals surface area contributed by atoms with Crippen LogP contribution in [0.3, 0.4) is 0 Å². The summed E-state index contributed by atoms with van der Waals surface area (Å²) in [6.07, 6.45) is 1.78. The number of fused-ring (bicyclic) bond motifs is 1. The SMILES string of the molecule is Cc1ccc(C)c(Sc2ccc(N)c3ncccc23)c1. The first kappa shape index (κ1) is 13.0. The number of aromatic nitrogens is 1. The average Bonchev–Trinajstić information content (AvgIpc) is 2.46. The molecule has 100 valence electrons. The van der Waals surface area contributed by atoms with Gasteiger partial charge in [0.2, 0.25) is 0 Å². The van der Waals surface area contributed by atoms with Crippen LogP contribution < -0.4 is 5.73 Å². The molecule has 0 spiro atoms. The largest absolute Gasteiger partial charge is 0.397 e. The molecular formula is C17H16N2S. The first-order valence-corrected chi connectivity index (χ1v) is 7.35. The Morgan fingerprint density at radius 2 is 1.85 bits per heavy atom. The molecule has 1 aromatic heterocycles. The monoisotopic (exact) mass is 280 g/mol. The van der Waals surface area contributed by atoms with Gasteiger partial charge in [-0.2, -0.15) is 0 Å². The van der Waals surface area contributed by atoms with Crippen LogP contribution in [-0.2, 0) is 0 Å². The lowest BCUT2D eigenvalue weighted by Crippen LogP contribution is -1.91. The van der Waals surface area contributed by atoms with Crippen molar-refractivity contribution in [3.05, 3.63) is 59.8 Å². The Balaban J connectivity index is 2.11. The Morgan fingerprint density at radius 3 is 2.70 bits per heavy atom. The van der Waals surface area contributed by atoms with Gasteiger partial charge in [0.15, 0.2) is 0 Å². The number of pyridine rings is 1. The number of aryl methyl sites for hydroxylation is 2. The van der Waals surface area contributed by atoms with E-state index in [0.717, 1.165) is 16.6 Å². The molecule has 0 fully saturated rings. The van der Waals surface area contributed by atoms with Crippen LogP contribution in [0.2, 0.25) is 0 Å². The summed E-state index contributed by atoms with van der Waals surface area (Å²) < 4.78 is 0. The van der Waals surface area contributed by atoms with Gasteiger partial charge in [-0.05, 0) is 49.2 Å². The molecule has 0 unspecified atom stereocenters. The molecule has 0 radical (unpaired) electrons. The summed E-state index contributed by atoms with van der Waals surface area (Å²) >= 11 is 1.77. The molecule has 3 aromatic rings. The van der Waals surface area contributed by atoms with Gasteiger partial charge >= 0.3 is 0 Å². The van der Waals surface area contributed by atoms with Gasteiger partial charge in [-0.15, -0.1) is 0 Å². The van der Waals surface area contributed by atoms with Gasteiger partial charge < -0.3 is 5.73 Å². The Morgan fingerprint density at radius 1 is 1.00 bits per heavy atom. The number of nitrogens with zero attached hydrogens (tertiary/aromatic N) is 1. The van der Waals surface area contributed by atoms with Crippen LogP contribution in [0.5, 0.6) is 0 Å². The van der Waals surface area contributed by atoms with Crippen molar-refractivity contribution in [1.29, 1.82) is 0 Å². The van der Waals surface area contributed by atoms with E-state index in [-0.39, 0.29) is 0 Å². The molecule has 0 atom stereocenters. The van der Waals surface area contributed by atoms with Gasteiger partial charge in [0.05, 0.1) is 11.2 Å². The molecule has 3 rings (SSSR count). The van der Waals surface area contributed by atoms with Gasteiger partial charge in [-0.1, -0.05) is 30.0 Å². The molecule has 0 aliphatic rings. The van der Waals surface area contributed by atoms with Gasteiger partial charge in [-0.25, -0.2) is 0 Å². The smallest absolute Gasteiger partial charge is 0.0942 e. The predicted molar refractivity (Wildman–Crippen MR) is 86.2 cm³/mol.